The molecule has 2 heterocycles. The number of thioether (sulfide) groups is 1. The number of hydrogen-bond donors (Lipinski definition) is 1. The second kappa shape index (κ2) is 7.55. The van der Waals surface area contributed by atoms with Crippen LogP contribution in [0.1, 0.15) is 0 Å². The fourth-order valence-corrected chi connectivity index (χ4v) is 2.65. The summed E-state index contributed by atoms with van der Waals surface area (Å²) in [6.07, 6.45) is 3.32. The lowest BCUT2D eigenvalue weighted by atomic mass is 10.3. The molecule has 0 fully saturated rings. The van der Waals surface area contributed by atoms with Gasteiger partial charge in [0.2, 0.25) is 11.8 Å². The van der Waals surface area contributed by atoms with Gasteiger partial charge in [-0.1, -0.05) is 11.8 Å². The highest BCUT2D eigenvalue weighted by Gasteiger charge is 2.11. The molecule has 0 unspecified atom stereocenters. The lowest BCUT2D eigenvalue weighted by Gasteiger charge is -2.03. The van der Waals surface area contributed by atoms with Crippen LogP contribution in [0.3, 0.4) is 0 Å². The van der Waals surface area contributed by atoms with Gasteiger partial charge in [0.05, 0.1) is 11.3 Å². The summed E-state index contributed by atoms with van der Waals surface area (Å²) in [5, 5.41) is 11.0. The van der Waals surface area contributed by atoms with Gasteiger partial charge >= 0.3 is 0 Å². The van der Waals surface area contributed by atoms with Gasteiger partial charge in [-0.2, -0.15) is 0 Å². The van der Waals surface area contributed by atoms with Gasteiger partial charge in [0.1, 0.15) is 0 Å². The van der Waals surface area contributed by atoms with Crippen molar-refractivity contribution in [1.29, 1.82) is 0 Å². The Labute approximate surface area is 150 Å². The molecule has 2 aromatic heterocycles. The van der Waals surface area contributed by atoms with Gasteiger partial charge in [-0.25, -0.2) is 0 Å². The van der Waals surface area contributed by atoms with Gasteiger partial charge in [0.15, 0.2) is 0 Å². The molecule has 3 rings (SSSR count). The zero-order valence-corrected chi connectivity index (χ0v) is 14.7. The van der Waals surface area contributed by atoms with Crippen LogP contribution in [-0.4, -0.2) is 26.8 Å². The van der Waals surface area contributed by atoms with E-state index in [1.807, 2.05) is 30.3 Å². The first-order valence-corrected chi connectivity index (χ1v) is 8.69. The first-order valence-electron chi connectivity index (χ1n) is 6.63. The monoisotopic (exact) mass is 438 g/mol. The number of pyridine rings is 1. The average Bonchev–Trinajstić information content (AvgIpc) is 3.05. The van der Waals surface area contributed by atoms with Crippen molar-refractivity contribution in [3.05, 3.63) is 52.4 Å². The maximum atomic E-state index is 11.9. The van der Waals surface area contributed by atoms with Crippen LogP contribution >= 0.6 is 34.4 Å². The van der Waals surface area contributed by atoms with E-state index in [4.69, 9.17) is 4.42 Å². The van der Waals surface area contributed by atoms with Crippen molar-refractivity contribution in [2.45, 2.75) is 5.22 Å². The van der Waals surface area contributed by atoms with E-state index >= 15 is 0 Å². The molecule has 0 aliphatic carbocycles. The van der Waals surface area contributed by atoms with Crippen LogP contribution in [0.15, 0.2) is 58.4 Å². The first kappa shape index (κ1) is 15.9. The Morgan fingerprint density at radius 2 is 2.04 bits per heavy atom. The minimum Gasteiger partial charge on any atom is -0.411 e. The smallest absolute Gasteiger partial charge is 0.277 e. The van der Waals surface area contributed by atoms with Crippen molar-refractivity contribution >= 4 is 45.9 Å². The maximum absolute atomic E-state index is 11.9. The molecule has 0 atom stereocenters. The summed E-state index contributed by atoms with van der Waals surface area (Å²) in [6.45, 7) is 0. The number of aromatic nitrogens is 3. The lowest BCUT2D eigenvalue weighted by Crippen LogP contribution is -2.13. The minimum atomic E-state index is -0.127. The molecule has 0 radical (unpaired) electrons. The van der Waals surface area contributed by atoms with E-state index in [9.17, 15) is 4.79 Å². The highest BCUT2D eigenvalue weighted by atomic mass is 127. The number of hydrogen-bond acceptors (Lipinski definition) is 6. The van der Waals surface area contributed by atoms with Crippen LogP contribution < -0.4 is 5.32 Å². The van der Waals surface area contributed by atoms with E-state index in [-0.39, 0.29) is 11.7 Å². The molecule has 1 amide bonds. The van der Waals surface area contributed by atoms with Gasteiger partial charge in [-0.05, 0) is 59.0 Å². The topological polar surface area (TPSA) is 80.9 Å². The molecule has 8 heteroatoms. The van der Waals surface area contributed by atoms with Gasteiger partial charge in [-0.3, -0.25) is 9.78 Å². The molecule has 0 saturated carbocycles. The third-order valence-corrected chi connectivity index (χ3v) is 4.31. The third kappa shape index (κ3) is 4.52. The van der Waals surface area contributed by atoms with Gasteiger partial charge in [-0.15, -0.1) is 10.2 Å². The number of nitrogens with zero attached hydrogens (tertiary/aromatic N) is 3. The molecule has 1 N–H and O–H groups in total. The third-order valence-electron chi connectivity index (χ3n) is 2.77. The number of carbonyl (C=O) groups is 1. The number of halogens is 1. The fraction of sp³-hybridized carbons (Fsp3) is 0.0667. The Bertz CT molecular complexity index is 793. The van der Waals surface area contributed by atoms with E-state index in [0.29, 0.717) is 11.1 Å². The SMILES string of the molecule is O=C(CSc1nnc(-c2cccnc2)o1)Nc1ccc(I)cc1. The summed E-state index contributed by atoms with van der Waals surface area (Å²) < 4.78 is 6.62. The van der Waals surface area contributed by atoms with Gasteiger partial charge in [0, 0.05) is 21.7 Å². The van der Waals surface area contributed by atoms with Crippen molar-refractivity contribution in [3.8, 4) is 11.5 Å². The minimum absolute atomic E-state index is 0.127. The first-order chi connectivity index (χ1) is 11.2. The molecule has 116 valence electrons. The van der Waals surface area contributed by atoms with Crippen LogP contribution in [0.5, 0.6) is 0 Å². The van der Waals surface area contributed by atoms with Gasteiger partial charge in [0.25, 0.3) is 5.22 Å². The summed E-state index contributed by atoms with van der Waals surface area (Å²) in [6, 6.07) is 11.2. The number of anilines is 1. The zero-order chi connectivity index (χ0) is 16.1. The van der Waals surface area contributed by atoms with Crippen molar-refractivity contribution in [1.82, 2.24) is 15.2 Å². The summed E-state index contributed by atoms with van der Waals surface area (Å²) >= 11 is 3.40. The van der Waals surface area contributed by atoms with Crippen LogP contribution in [0.4, 0.5) is 5.69 Å². The van der Waals surface area contributed by atoms with E-state index in [1.165, 1.54) is 11.8 Å². The summed E-state index contributed by atoms with van der Waals surface area (Å²) in [5.41, 5.74) is 1.51. The molecule has 0 spiro atoms. The number of nitrogens with one attached hydrogen (secondary N) is 1. The van der Waals surface area contributed by atoms with Gasteiger partial charge < -0.3 is 9.73 Å². The summed E-state index contributed by atoms with van der Waals surface area (Å²) in [4.78, 5) is 15.9. The standard InChI is InChI=1S/C15H11IN4O2S/c16-11-3-5-12(6-4-11)18-13(21)9-23-15-20-19-14(22-15)10-2-1-7-17-8-10/h1-8H,9H2,(H,18,21). The highest BCUT2D eigenvalue weighted by molar-refractivity contribution is 14.1. The Balaban J connectivity index is 1.55. The van der Waals surface area contributed by atoms with Crippen LogP contribution in [0.2, 0.25) is 0 Å². The Kier molecular flexibility index (Phi) is 5.23. The normalized spacial score (nSPS) is 10.5. The van der Waals surface area contributed by atoms with E-state index in [2.05, 4.69) is 43.1 Å². The summed E-state index contributed by atoms with van der Waals surface area (Å²) in [7, 11) is 0. The van der Waals surface area contributed by atoms with Crippen LogP contribution in [0, 0.1) is 3.57 Å². The fourth-order valence-electron chi connectivity index (χ4n) is 1.73. The van der Waals surface area contributed by atoms with E-state index in [1.54, 1.807) is 18.5 Å². The molecule has 3 aromatic rings. The Morgan fingerprint density at radius 1 is 1.22 bits per heavy atom. The molecule has 0 aliphatic heterocycles. The molecule has 0 saturated heterocycles. The number of benzene rings is 1. The van der Waals surface area contributed by atoms with E-state index in [0.717, 1.165) is 14.8 Å². The Morgan fingerprint density at radius 3 is 2.78 bits per heavy atom. The summed E-state index contributed by atoms with van der Waals surface area (Å²) in [5.74, 6) is 0.455. The molecule has 6 nitrogen and oxygen atoms in total. The quantitative estimate of drug-likeness (QED) is 0.486. The largest absolute Gasteiger partial charge is 0.411 e. The van der Waals surface area contributed by atoms with Crippen molar-refractivity contribution in [2.75, 3.05) is 11.1 Å². The zero-order valence-electron chi connectivity index (χ0n) is 11.8. The van der Waals surface area contributed by atoms with Crippen LogP contribution in [0.25, 0.3) is 11.5 Å². The number of amides is 1. The molecule has 0 aliphatic rings. The molecule has 1 aromatic carbocycles. The van der Waals surface area contributed by atoms with Crippen molar-refractivity contribution in [3.63, 3.8) is 0 Å². The molecular weight excluding hydrogens is 427 g/mol. The second-order valence-corrected chi connectivity index (χ2v) is 6.63. The number of carbonyl (C=O) groups excluding carboxylic acids is 1. The second-order valence-electron chi connectivity index (χ2n) is 4.46. The van der Waals surface area contributed by atoms with Crippen molar-refractivity contribution in [2.24, 2.45) is 0 Å². The molecular formula is C15H11IN4O2S. The van der Waals surface area contributed by atoms with Crippen molar-refractivity contribution < 1.29 is 9.21 Å². The predicted octanol–water partition coefficient (Wildman–Crippen LogP) is 3.47. The highest BCUT2D eigenvalue weighted by Crippen LogP contribution is 2.22. The Hall–Kier alpha value is -1.94. The predicted molar refractivity (Wildman–Crippen MR) is 96.0 cm³/mol. The van der Waals surface area contributed by atoms with Crippen LogP contribution in [-0.2, 0) is 4.79 Å². The molecule has 0 bridgehead atoms. The average molecular weight is 438 g/mol. The maximum Gasteiger partial charge on any atom is 0.277 e. The van der Waals surface area contributed by atoms with E-state index < -0.39 is 0 Å². The number of rotatable bonds is 5. The molecule has 23 heavy (non-hydrogen) atoms. The lowest BCUT2D eigenvalue weighted by molar-refractivity contribution is -0.113.